The SMILES string of the molecule is Cc1cc(-c2cc(-c3cc(Sc4ccccn4)cc(C(C)(C)C)c3)nc(-c3ccccc3O)c2)cc(C)n1. The summed E-state index contributed by atoms with van der Waals surface area (Å²) in [4.78, 5) is 15.3. The van der Waals surface area contributed by atoms with E-state index in [9.17, 15) is 5.11 Å². The van der Waals surface area contributed by atoms with Gasteiger partial charge in [0, 0.05) is 33.6 Å². The number of phenols is 1. The van der Waals surface area contributed by atoms with Crippen molar-refractivity contribution in [3.63, 3.8) is 0 Å². The van der Waals surface area contributed by atoms with Gasteiger partial charge in [-0.15, -0.1) is 0 Å². The first-order valence-electron chi connectivity index (χ1n) is 12.7. The molecule has 38 heavy (non-hydrogen) atoms. The Bertz CT molecular complexity index is 1590. The Labute approximate surface area is 228 Å². The van der Waals surface area contributed by atoms with Gasteiger partial charge in [-0.25, -0.2) is 9.97 Å². The third-order valence-electron chi connectivity index (χ3n) is 6.35. The standard InChI is InChI=1S/C33H31N3OS/c1-21-14-23(15-22(2)35-21)24-18-29(36-30(19-24)28-10-6-7-11-31(28)37)25-16-26(33(3,4)5)20-27(17-25)38-32-12-8-9-13-34-32/h6-20,37H,1-5H3. The molecule has 0 aliphatic heterocycles. The minimum Gasteiger partial charge on any atom is -0.507 e. The van der Waals surface area contributed by atoms with E-state index in [4.69, 9.17) is 4.98 Å². The third-order valence-corrected chi connectivity index (χ3v) is 7.27. The largest absolute Gasteiger partial charge is 0.507 e. The number of pyridine rings is 3. The minimum atomic E-state index is -0.0487. The van der Waals surface area contributed by atoms with Crippen LogP contribution in [0.5, 0.6) is 5.75 Å². The van der Waals surface area contributed by atoms with Crippen LogP contribution in [-0.4, -0.2) is 20.1 Å². The summed E-state index contributed by atoms with van der Waals surface area (Å²) in [5.74, 6) is 0.208. The van der Waals surface area contributed by atoms with Crippen molar-refractivity contribution in [3.8, 4) is 39.4 Å². The van der Waals surface area contributed by atoms with Gasteiger partial charge in [-0.3, -0.25) is 4.98 Å². The number of aromatic nitrogens is 3. The minimum absolute atomic E-state index is 0.0487. The number of nitrogens with zero attached hydrogens (tertiary/aromatic N) is 3. The lowest BCUT2D eigenvalue weighted by Gasteiger charge is -2.21. The quantitative estimate of drug-likeness (QED) is 0.253. The van der Waals surface area contributed by atoms with Crippen molar-refractivity contribution in [2.75, 3.05) is 0 Å². The van der Waals surface area contributed by atoms with Gasteiger partial charge in [0.25, 0.3) is 0 Å². The van der Waals surface area contributed by atoms with Crippen LogP contribution in [0.2, 0.25) is 0 Å². The summed E-state index contributed by atoms with van der Waals surface area (Å²) in [5.41, 5.74) is 8.51. The van der Waals surface area contributed by atoms with Gasteiger partial charge < -0.3 is 5.11 Å². The molecule has 0 fully saturated rings. The molecule has 5 heteroatoms. The molecule has 2 aromatic carbocycles. The smallest absolute Gasteiger partial charge is 0.124 e. The van der Waals surface area contributed by atoms with Crippen molar-refractivity contribution in [2.24, 2.45) is 0 Å². The fourth-order valence-corrected chi connectivity index (χ4v) is 5.32. The number of aromatic hydroxyl groups is 1. The molecule has 0 saturated heterocycles. The molecule has 0 amide bonds. The van der Waals surface area contributed by atoms with Gasteiger partial charge in [0.1, 0.15) is 10.8 Å². The second-order valence-corrected chi connectivity index (χ2v) is 11.6. The number of hydrogen-bond acceptors (Lipinski definition) is 5. The Morgan fingerprint density at radius 1 is 0.684 bits per heavy atom. The zero-order valence-corrected chi connectivity index (χ0v) is 23.2. The molecular weight excluding hydrogens is 486 g/mol. The predicted molar refractivity (Wildman–Crippen MR) is 157 cm³/mol. The maximum Gasteiger partial charge on any atom is 0.124 e. The molecule has 0 unspecified atom stereocenters. The van der Waals surface area contributed by atoms with E-state index in [0.29, 0.717) is 5.56 Å². The van der Waals surface area contributed by atoms with Crippen molar-refractivity contribution in [1.29, 1.82) is 0 Å². The molecule has 0 spiro atoms. The fourth-order valence-electron chi connectivity index (χ4n) is 4.44. The first-order valence-corrected chi connectivity index (χ1v) is 13.5. The van der Waals surface area contributed by atoms with Crippen LogP contribution in [0, 0.1) is 13.8 Å². The number of aryl methyl sites for hydroxylation is 2. The van der Waals surface area contributed by atoms with Gasteiger partial charge in [-0.05, 0) is 103 Å². The van der Waals surface area contributed by atoms with Crippen molar-refractivity contribution < 1.29 is 5.11 Å². The molecule has 0 atom stereocenters. The van der Waals surface area contributed by atoms with Gasteiger partial charge in [-0.2, -0.15) is 0 Å². The Kier molecular flexibility index (Phi) is 7.04. The van der Waals surface area contributed by atoms with E-state index in [1.165, 1.54) is 5.56 Å². The average Bonchev–Trinajstić information content (AvgIpc) is 2.88. The van der Waals surface area contributed by atoms with Gasteiger partial charge in [-0.1, -0.05) is 50.7 Å². The molecule has 0 bridgehead atoms. The second kappa shape index (κ2) is 10.4. The summed E-state index contributed by atoms with van der Waals surface area (Å²) in [6, 6.07) is 28.3. The lowest BCUT2D eigenvalue weighted by molar-refractivity contribution is 0.477. The third kappa shape index (κ3) is 5.79. The maximum absolute atomic E-state index is 10.7. The van der Waals surface area contributed by atoms with Crippen LogP contribution >= 0.6 is 11.8 Å². The molecule has 4 nitrogen and oxygen atoms in total. The molecule has 0 aliphatic carbocycles. The maximum atomic E-state index is 10.7. The van der Waals surface area contributed by atoms with Crippen molar-refractivity contribution >= 4 is 11.8 Å². The van der Waals surface area contributed by atoms with Crippen molar-refractivity contribution in [1.82, 2.24) is 15.0 Å². The topological polar surface area (TPSA) is 58.9 Å². The molecular formula is C33H31N3OS. The van der Waals surface area contributed by atoms with E-state index in [1.54, 1.807) is 17.8 Å². The van der Waals surface area contributed by atoms with E-state index < -0.39 is 0 Å². The van der Waals surface area contributed by atoms with E-state index in [2.05, 4.69) is 67.1 Å². The second-order valence-electron chi connectivity index (χ2n) is 10.5. The van der Waals surface area contributed by atoms with Gasteiger partial charge in [0.05, 0.1) is 11.4 Å². The first-order chi connectivity index (χ1) is 18.2. The van der Waals surface area contributed by atoms with Gasteiger partial charge in [0.2, 0.25) is 0 Å². The van der Waals surface area contributed by atoms with Gasteiger partial charge >= 0.3 is 0 Å². The van der Waals surface area contributed by atoms with E-state index >= 15 is 0 Å². The molecule has 3 aromatic heterocycles. The zero-order chi connectivity index (χ0) is 26.9. The van der Waals surface area contributed by atoms with Crippen LogP contribution in [0.25, 0.3) is 33.6 Å². The first kappa shape index (κ1) is 25.7. The number of hydrogen-bond donors (Lipinski definition) is 1. The molecule has 5 rings (SSSR count). The highest BCUT2D eigenvalue weighted by Gasteiger charge is 2.18. The van der Waals surface area contributed by atoms with Crippen LogP contribution in [-0.2, 0) is 5.41 Å². The lowest BCUT2D eigenvalue weighted by Crippen LogP contribution is -2.11. The molecule has 0 saturated carbocycles. The molecule has 190 valence electrons. The Morgan fingerprint density at radius 3 is 2.05 bits per heavy atom. The number of para-hydroxylation sites is 1. The van der Waals surface area contributed by atoms with Crippen LogP contribution < -0.4 is 0 Å². The van der Waals surface area contributed by atoms with E-state index in [-0.39, 0.29) is 11.2 Å². The molecule has 3 heterocycles. The van der Waals surface area contributed by atoms with E-state index in [1.807, 2.05) is 62.5 Å². The molecule has 1 N–H and O–H groups in total. The fraction of sp³-hybridized carbons (Fsp3) is 0.182. The summed E-state index contributed by atoms with van der Waals surface area (Å²) in [7, 11) is 0. The van der Waals surface area contributed by atoms with Gasteiger partial charge in [0.15, 0.2) is 0 Å². The highest BCUT2D eigenvalue weighted by molar-refractivity contribution is 7.99. The van der Waals surface area contributed by atoms with Crippen LogP contribution in [0.3, 0.4) is 0 Å². The number of rotatable bonds is 5. The average molecular weight is 518 g/mol. The number of phenolic OH excluding ortho intramolecular Hbond substituents is 1. The summed E-state index contributed by atoms with van der Waals surface area (Å²) in [6.45, 7) is 10.7. The van der Waals surface area contributed by atoms with Crippen LogP contribution in [0.4, 0.5) is 0 Å². The highest BCUT2D eigenvalue weighted by Crippen LogP contribution is 2.38. The number of benzene rings is 2. The molecule has 0 radical (unpaired) electrons. The van der Waals surface area contributed by atoms with Crippen LogP contribution in [0.1, 0.15) is 37.7 Å². The summed E-state index contributed by atoms with van der Waals surface area (Å²) < 4.78 is 0. The summed E-state index contributed by atoms with van der Waals surface area (Å²) >= 11 is 1.65. The normalized spacial score (nSPS) is 11.5. The predicted octanol–water partition coefficient (Wildman–Crippen LogP) is 8.64. The molecule has 0 aliphatic rings. The summed E-state index contributed by atoms with van der Waals surface area (Å²) in [5, 5.41) is 11.6. The summed E-state index contributed by atoms with van der Waals surface area (Å²) in [6.07, 6.45) is 1.82. The lowest BCUT2D eigenvalue weighted by atomic mass is 9.85. The molecule has 5 aromatic rings. The Morgan fingerprint density at radius 2 is 1.37 bits per heavy atom. The van der Waals surface area contributed by atoms with Crippen LogP contribution in [0.15, 0.2) is 101 Å². The monoisotopic (exact) mass is 517 g/mol. The Balaban J connectivity index is 1.72. The Hall–Kier alpha value is -3.96. The van der Waals surface area contributed by atoms with Crippen molar-refractivity contribution in [2.45, 2.75) is 50.0 Å². The zero-order valence-electron chi connectivity index (χ0n) is 22.4. The van der Waals surface area contributed by atoms with E-state index in [0.717, 1.165) is 49.4 Å². The van der Waals surface area contributed by atoms with Crippen molar-refractivity contribution in [3.05, 3.63) is 108 Å². The highest BCUT2D eigenvalue weighted by atomic mass is 32.2.